The van der Waals surface area contributed by atoms with Gasteiger partial charge in [-0.3, -0.25) is 9.48 Å². The van der Waals surface area contributed by atoms with Crippen molar-refractivity contribution >= 4 is 11.7 Å². The van der Waals surface area contributed by atoms with Crippen molar-refractivity contribution in [3.05, 3.63) is 41.9 Å². The number of anilines is 1. The topological polar surface area (TPSA) is 63.1 Å². The number of likely N-dealkylation sites (tertiary alicyclic amines) is 1. The van der Waals surface area contributed by atoms with Crippen molar-refractivity contribution in [3.8, 4) is 0 Å². The van der Waals surface area contributed by atoms with Crippen molar-refractivity contribution in [1.29, 1.82) is 0 Å². The van der Waals surface area contributed by atoms with Gasteiger partial charge in [0.25, 0.3) is 5.91 Å². The third-order valence-electron chi connectivity index (χ3n) is 3.98. The van der Waals surface area contributed by atoms with E-state index in [1.54, 1.807) is 12.4 Å². The van der Waals surface area contributed by atoms with Crippen LogP contribution >= 0.6 is 0 Å². The lowest BCUT2D eigenvalue weighted by Gasteiger charge is -2.24. The van der Waals surface area contributed by atoms with Crippen molar-refractivity contribution in [1.82, 2.24) is 19.7 Å². The molecule has 6 nitrogen and oxygen atoms in total. The van der Waals surface area contributed by atoms with Gasteiger partial charge in [-0.2, -0.15) is 5.10 Å². The van der Waals surface area contributed by atoms with E-state index >= 15 is 0 Å². The second-order valence-electron chi connectivity index (χ2n) is 5.22. The van der Waals surface area contributed by atoms with Crippen LogP contribution in [-0.4, -0.2) is 39.2 Å². The number of hydrogen-bond acceptors (Lipinski definition) is 4. The fourth-order valence-electron chi connectivity index (χ4n) is 2.86. The van der Waals surface area contributed by atoms with E-state index in [0.717, 1.165) is 30.9 Å². The van der Waals surface area contributed by atoms with Crippen LogP contribution in [0.3, 0.4) is 0 Å². The van der Waals surface area contributed by atoms with Crippen molar-refractivity contribution in [2.24, 2.45) is 7.05 Å². The van der Waals surface area contributed by atoms with Gasteiger partial charge in [0.05, 0.1) is 17.3 Å². The number of nitrogens with one attached hydrogen (secondary N) is 1. The zero-order valence-corrected chi connectivity index (χ0v) is 12.3. The first-order valence-corrected chi connectivity index (χ1v) is 7.13. The summed E-state index contributed by atoms with van der Waals surface area (Å²) in [6, 6.07) is 5.73. The normalized spacial score (nSPS) is 18.0. The maximum absolute atomic E-state index is 12.7. The second kappa shape index (κ2) is 5.55. The van der Waals surface area contributed by atoms with E-state index in [9.17, 15) is 4.79 Å². The second-order valence-corrected chi connectivity index (χ2v) is 5.22. The monoisotopic (exact) mass is 285 g/mol. The van der Waals surface area contributed by atoms with E-state index in [1.807, 2.05) is 41.9 Å². The van der Waals surface area contributed by atoms with Crippen LogP contribution in [0.25, 0.3) is 0 Å². The van der Waals surface area contributed by atoms with Crippen LogP contribution < -0.4 is 5.32 Å². The van der Waals surface area contributed by atoms with Gasteiger partial charge in [0.15, 0.2) is 0 Å². The molecule has 1 aliphatic heterocycles. The molecule has 0 bridgehead atoms. The predicted octanol–water partition coefficient (Wildman–Crippen LogP) is 1.83. The minimum Gasteiger partial charge on any atom is -0.373 e. The molecule has 0 saturated carbocycles. The Morgan fingerprint density at radius 3 is 2.86 bits per heavy atom. The number of nitrogens with zero attached hydrogens (tertiary/aromatic N) is 4. The number of aryl methyl sites for hydroxylation is 1. The molecule has 110 valence electrons. The zero-order chi connectivity index (χ0) is 14.8. The Hall–Kier alpha value is -2.37. The minimum atomic E-state index is 0.0360. The predicted molar refractivity (Wildman–Crippen MR) is 80.0 cm³/mol. The third-order valence-corrected chi connectivity index (χ3v) is 3.98. The van der Waals surface area contributed by atoms with Crippen molar-refractivity contribution < 1.29 is 4.79 Å². The highest BCUT2D eigenvalue weighted by Gasteiger charge is 2.32. The molecule has 0 spiro atoms. The fourth-order valence-corrected chi connectivity index (χ4v) is 2.86. The van der Waals surface area contributed by atoms with E-state index in [0.29, 0.717) is 5.56 Å². The van der Waals surface area contributed by atoms with E-state index < -0.39 is 0 Å². The first-order chi connectivity index (χ1) is 10.2. The Kier molecular flexibility index (Phi) is 3.60. The Morgan fingerprint density at radius 1 is 1.38 bits per heavy atom. The van der Waals surface area contributed by atoms with Crippen molar-refractivity contribution in [2.75, 3.05) is 18.9 Å². The van der Waals surface area contributed by atoms with Crippen LogP contribution in [-0.2, 0) is 7.05 Å². The van der Waals surface area contributed by atoms with Crippen LogP contribution in [0.1, 0.15) is 34.9 Å². The number of carbonyl (C=O) groups excluding carboxylic acids is 1. The summed E-state index contributed by atoms with van der Waals surface area (Å²) in [6.07, 6.45) is 5.41. The molecule has 1 fully saturated rings. The van der Waals surface area contributed by atoms with Crippen LogP contribution in [0.2, 0.25) is 0 Å². The van der Waals surface area contributed by atoms with Gasteiger partial charge in [0, 0.05) is 33.0 Å². The quantitative estimate of drug-likeness (QED) is 0.934. The van der Waals surface area contributed by atoms with Crippen LogP contribution in [0.15, 0.2) is 30.6 Å². The zero-order valence-electron chi connectivity index (χ0n) is 12.3. The molecular weight excluding hydrogens is 266 g/mol. The number of hydrogen-bond donors (Lipinski definition) is 1. The Labute approximate surface area is 123 Å². The average Bonchev–Trinajstić information content (AvgIpc) is 3.14. The number of aromatic nitrogens is 3. The lowest BCUT2D eigenvalue weighted by molar-refractivity contribution is 0.0730. The van der Waals surface area contributed by atoms with Gasteiger partial charge >= 0.3 is 0 Å². The third kappa shape index (κ3) is 2.49. The summed E-state index contributed by atoms with van der Waals surface area (Å²) >= 11 is 0. The van der Waals surface area contributed by atoms with Crippen LogP contribution in [0, 0.1) is 0 Å². The lowest BCUT2D eigenvalue weighted by atomic mass is 10.1. The molecule has 1 unspecified atom stereocenters. The summed E-state index contributed by atoms with van der Waals surface area (Å²) in [5.74, 6) is 0.796. The Balaban J connectivity index is 1.84. The SMILES string of the molecule is CNc1ccc(C(=O)N2CCCC2c2ccnn2C)cn1. The van der Waals surface area contributed by atoms with Crippen LogP contribution in [0.4, 0.5) is 5.82 Å². The molecule has 0 aromatic carbocycles. The minimum absolute atomic E-state index is 0.0360. The average molecular weight is 285 g/mol. The highest BCUT2D eigenvalue weighted by atomic mass is 16.2. The first-order valence-electron chi connectivity index (χ1n) is 7.13. The molecule has 3 rings (SSSR count). The molecule has 2 aromatic heterocycles. The molecule has 1 aliphatic rings. The smallest absolute Gasteiger partial charge is 0.255 e. The molecule has 0 aliphatic carbocycles. The van der Waals surface area contributed by atoms with Gasteiger partial charge in [0.1, 0.15) is 5.82 Å². The standard InChI is InChI=1S/C15H19N5O/c1-16-14-6-5-11(10-17-14)15(21)20-9-3-4-13(20)12-7-8-18-19(12)2/h5-8,10,13H,3-4,9H2,1-2H3,(H,16,17). The molecule has 1 N–H and O–H groups in total. The van der Waals surface area contributed by atoms with Gasteiger partial charge < -0.3 is 10.2 Å². The number of pyridine rings is 1. The Morgan fingerprint density at radius 2 is 2.24 bits per heavy atom. The van der Waals surface area contributed by atoms with Crippen molar-refractivity contribution in [2.45, 2.75) is 18.9 Å². The van der Waals surface area contributed by atoms with Gasteiger partial charge in [-0.15, -0.1) is 0 Å². The molecule has 6 heteroatoms. The molecule has 3 heterocycles. The van der Waals surface area contributed by atoms with Gasteiger partial charge in [-0.25, -0.2) is 4.98 Å². The van der Waals surface area contributed by atoms with Crippen LogP contribution in [0.5, 0.6) is 0 Å². The fraction of sp³-hybridized carbons (Fsp3) is 0.400. The molecular formula is C15H19N5O. The van der Waals surface area contributed by atoms with E-state index in [2.05, 4.69) is 15.4 Å². The summed E-state index contributed by atoms with van der Waals surface area (Å²) in [7, 11) is 3.72. The Bertz CT molecular complexity index is 634. The maximum atomic E-state index is 12.7. The summed E-state index contributed by atoms with van der Waals surface area (Å²) in [6.45, 7) is 0.780. The van der Waals surface area contributed by atoms with Crippen molar-refractivity contribution in [3.63, 3.8) is 0 Å². The molecule has 1 amide bonds. The van der Waals surface area contributed by atoms with E-state index in [1.165, 1.54) is 0 Å². The van der Waals surface area contributed by atoms with Gasteiger partial charge in [-0.05, 0) is 31.0 Å². The summed E-state index contributed by atoms with van der Waals surface area (Å²) < 4.78 is 1.85. The molecule has 2 aromatic rings. The first kappa shape index (κ1) is 13.6. The molecule has 21 heavy (non-hydrogen) atoms. The summed E-state index contributed by atoms with van der Waals surface area (Å²) in [4.78, 5) is 18.8. The number of carbonyl (C=O) groups is 1. The van der Waals surface area contributed by atoms with Gasteiger partial charge in [-0.1, -0.05) is 0 Å². The summed E-state index contributed by atoms with van der Waals surface area (Å²) in [5.41, 5.74) is 1.71. The highest BCUT2D eigenvalue weighted by Crippen LogP contribution is 2.32. The molecule has 1 saturated heterocycles. The number of amides is 1. The van der Waals surface area contributed by atoms with E-state index in [-0.39, 0.29) is 11.9 Å². The largest absolute Gasteiger partial charge is 0.373 e. The highest BCUT2D eigenvalue weighted by molar-refractivity contribution is 5.94. The molecule has 0 radical (unpaired) electrons. The number of rotatable bonds is 3. The lowest BCUT2D eigenvalue weighted by Crippen LogP contribution is -2.31. The van der Waals surface area contributed by atoms with E-state index in [4.69, 9.17) is 0 Å². The molecule has 1 atom stereocenters. The van der Waals surface area contributed by atoms with Gasteiger partial charge in [0.2, 0.25) is 0 Å². The summed E-state index contributed by atoms with van der Waals surface area (Å²) in [5, 5.41) is 7.16. The maximum Gasteiger partial charge on any atom is 0.255 e.